The number of carbonyl (C=O) groups is 2. The van der Waals surface area contributed by atoms with Crippen LogP contribution in [0.3, 0.4) is 0 Å². The number of nitrogens with zero attached hydrogens (tertiary/aromatic N) is 1. The molecule has 2 unspecified atom stereocenters. The summed E-state index contributed by atoms with van der Waals surface area (Å²) in [5, 5.41) is 5.85. The lowest BCUT2D eigenvalue weighted by molar-refractivity contribution is -0.129. The molecule has 2 aliphatic rings. The van der Waals surface area contributed by atoms with Crippen molar-refractivity contribution < 1.29 is 27.5 Å². The molecule has 0 aromatic heterocycles. The van der Waals surface area contributed by atoms with Gasteiger partial charge in [0.15, 0.2) is 6.10 Å². The Morgan fingerprint density at radius 1 is 1.21 bits per heavy atom. The Balaban J connectivity index is 1.71. The number of nitrogens with one attached hydrogen (secondary N) is 2. The zero-order valence-electron chi connectivity index (χ0n) is 14.9. The van der Waals surface area contributed by atoms with E-state index in [4.69, 9.17) is 16.3 Å². The molecule has 1 aromatic carbocycles. The van der Waals surface area contributed by atoms with Gasteiger partial charge in [-0.05, 0) is 36.5 Å². The van der Waals surface area contributed by atoms with E-state index in [9.17, 15) is 22.8 Å². The van der Waals surface area contributed by atoms with Crippen LogP contribution >= 0.6 is 11.6 Å². The van der Waals surface area contributed by atoms with E-state index in [2.05, 4.69) is 10.6 Å². The Hall–Kier alpha value is -2.00. The van der Waals surface area contributed by atoms with Crippen molar-refractivity contribution in [2.45, 2.75) is 37.7 Å². The van der Waals surface area contributed by atoms with Crippen LogP contribution in [0.15, 0.2) is 24.3 Å². The Kier molecular flexibility index (Phi) is 6.66. The summed E-state index contributed by atoms with van der Waals surface area (Å²) in [7, 11) is 0. The fourth-order valence-electron chi connectivity index (χ4n) is 3.58. The topological polar surface area (TPSA) is 70.7 Å². The number of ether oxygens (including phenoxy) is 1. The van der Waals surface area contributed by atoms with Crippen molar-refractivity contribution in [3.63, 3.8) is 0 Å². The van der Waals surface area contributed by atoms with Crippen molar-refractivity contribution in [3.8, 4) is 0 Å². The largest absolute Gasteiger partial charge is 0.434 e. The molecule has 0 spiro atoms. The number of carbonyl (C=O) groups excluding carboxylic acids is 2. The smallest absolute Gasteiger partial charge is 0.408 e. The van der Waals surface area contributed by atoms with Crippen LogP contribution in [0.5, 0.6) is 0 Å². The molecule has 0 radical (unpaired) electrons. The van der Waals surface area contributed by atoms with Crippen molar-refractivity contribution in [1.29, 1.82) is 0 Å². The van der Waals surface area contributed by atoms with Crippen molar-refractivity contribution in [2.24, 2.45) is 5.92 Å². The van der Waals surface area contributed by atoms with Crippen molar-refractivity contribution >= 4 is 23.6 Å². The molecular weight excluding hydrogens is 399 g/mol. The molecule has 0 bridgehead atoms. The average molecular weight is 420 g/mol. The highest BCUT2D eigenvalue weighted by molar-refractivity contribution is 6.30. The summed E-state index contributed by atoms with van der Waals surface area (Å²) in [5.41, 5.74) is 0.791. The molecule has 0 saturated carbocycles. The van der Waals surface area contributed by atoms with Crippen LogP contribution < -0.4 is 10.6 Å². The minimum atomic E-state index is -3.05. The maximum absolute atomic E-state index is 13.6. The maximum atomic E-state index is 13.6. The molecule has 1 aromatic rings. The summed E-state index contributed by atoms with van der Waals surface area (Å²) >= 11 is 5.94. The fraction of sp³-hybridized carbons (Fsp3) is 0.556. The second kappa shape index (κ2) is 9.00. The zero-order valence-corrected chi connectivity index (χ0v) is 15.7. The Morgan fingerprint density at radius 3 is 2.39 bits per heavy atom. The number of hydrogen-bond donors (Lipinski definition) is 2. The number of halogens is 4. The molecule has 2 saturated heterocycles. The first-order valence-corrected chi connectivity index (χ1v) is 9.39. The van der Waals surface area contributed by atoms with Crippen molar-refractivity contribution in [2.75, 3.05) is 19.6 Å². The number of alkyl carbamates (subject to hydrolysis) is 1. The van der Waals surface area contributed by atoms with E-state index >= 15 is 0 Å². The van der Waals surface area contributed by atoms with Gasteiger partial charge in [-0.15, -0.1) is 0 Å². The number of rotatable bonds is 6. The third-order valence-electron chi connectivity index (χ3n) is 5.10. The van der Waals surface area contributed by atoms with Gasteiger partial charge in [-0.25, -0.2) is 18.0 Å². The van der Waals surface area contributed by atoms with Gasteiger partial charge in [0.25, 0.3) is 12.3 Å². The van der Waals surface area contributed by atoms with Gasteiger partial charge >= 0.3 is 6.09 Å². The zero-order chi connectivity index (χ0) is 20.3. The number of likely N-dealkylation sites (tertiary alicyclic amines) is 1. The summed E-state index contributed by atoms with van der Waals surface area (Å²) in [4.78, 5) is 24.8. The molecule has 0 aliphatic carbocycles. The molecule has 2 N–H and O–H groups in total. The fourth-order valence-corrected chi connectivity index (χ4v) is 3.71. The van der Waals surface area contributed by atoms with Crippen LogP contribution in [0.4, 0.5) is 18.0 Å². The van der Waals surface area contributed by atoms with Crippen LogP contribution in [0, 0.1) is 5.92 Å². The molecule has 154 valence electrons. The minimum absolute atomic E-state index is 0.0777. The van der Waals surface area contributed by atoms with E-state index in [-0.39, 0.29) is 25.6 Å². The summed E-state index contributed by atoms with van der Waals surface area (Å²) < 4.78 is 43.7. The molecule has 2 fully saturated rings. The van der Waals surface area contributed by atoms with E-state index in [1.165, 1.54) is 0 Å². The molecule has 6 nitrogen and oxygen atoms in total. The van der Waals surface area contributed by atoms with Gasteiger partial charge in [-0.1, -0.05) is 23.7 Å². The highest BCUT2D eigenvalue weighted by Crippen LogP contribution is 2.33. The first-order valence-electron chi connectivity index (χ1n) is 9.01. The van der Waals surface area contributed by atoms with E-state index in [0.717, 1.165) is 10.5 Å². The first-order chi connectivity index (χ1) is 13.3. The van der Waals surface area contributed by atoms with Gasteiger partial charge in [0, 0.05) is 18.1 Å². The van der Waals surface area contributed by atoms with Crippen LogP contribution in [0.1, 0.15) is 24.4 Å². The second-order valence-electron chi connectivity index (χ2n) is 6.89. The van der Waals surface area contributed by atoms with Gasteiger partial charge in [-0.2, -0.15) is 0 Å². The number of piperidine rings is 1. The molecular formula is C18H21ClF3N3O3. The van der Waals surface area contributed by atoms with Crippen LogP contribution in [-0.2, 0) is 9.53 Å². The number of alkyl halides is 3. The Labute approximate surface area is 165 Å². The Bertz CT molecular complexity index is 699. The monoisotopic (exact) mass is 419 g/mol. The molecule has 10 heteroatoms. The second-order valence-corrected chi connectivity index (χ2v) is 7.33. The first kappa shape index (κ1) is 20.7. The maximum Gasteiger partial charge on any atom is 0.408 e. The van der Waals surface area contributed by atoms with Gasteiger partial charge in [0.1, 0.15) is 0 Å². The third-order valence-corrected chi connectivity index (χ3v) is 5.35. The van der Waals surface area contributed by atoms with Crippen molar-refractivity contribution in [3.05, 3.63) is 34.9 Å². The summed E-state index contributed by atoms with van der Waals surface area (Å²) in [6.45, 7) is 0.403. The van der Waals surface area contributed by atoms with E-state index in [0.29, 0.717) is 17.9 Å². The number of benzene rings is 1. The Morgan fingerprint density at radius 2 is 1.86 bits per heavy atom. The van der Waals surface area contributed by atoms with Crippen LogP contribution in [0.2, 0.25) is 5.02 Å². The quantitative estimate of drug-likeness (QED) is 0.696. The highest BCUT2D eigenvalue weighted by Gasteiger charge is 2.36. The molecule has 3 rings (SSSR count). The molecule has 28 heavy (non-hydrogen) atoms. The van der Waals surface area contributed by atoms with Gasteiger partial charge < -0.3 is 15.4 Å². The summed E-state index contributed by atoms with van der Waals surface area (Å²) in [5.74, 6) is -0.534. The standard InChI is InChI=1S/C18H21ClF3N3O3/c19-12-3-1-10(2-4-12)14(24-17(26)13-9-23-18(27)28-13)11-5-7-25(8-6-11)16(22)15(20)21/h1-4,11,13-16H,5-9H2,(H,23,27)(H,24,26)/t13?,14-,16?/m0/s1. The SMILES string of the molecule is O=C1NCC(C(=O)N[C@@H](c2ccc(Cl)cc2)C2CCN(C(F)C(F)F)CC2)O1. The lowest BCUT2D eigenvalue weighted by atomic mass is 9.85. The normalized spacial score (nSPS) is 23.2. The molecule has 3 atom stereocenters. The predicted octanol–water partition coefficient (Wildman–Crippen LogP) is 2.88. The van der Waals surface area contributed by atoms with Crippen molar-refractivity contribution in [1.82, 2.24) is 15.5 Å². The third kappa shape index (κ3) is 4.88. The van der Waals surface area contributed by atoms with E-state index in [1.807, 2.05) is 0 Å². The van der Waals surface area contributed by atoms with E-state index < -0.39 is 36.9 Å². The number of amides is 2. The van der Waals surface area contributed by atoms with Gasteiger partial charge in [-0.3, -0.25) is 9.69 Å². The predicted molar refractivity (Wildman–Crippen MR) is 95.8 cm³/mol. The molecule has 2 aliphatic heterocycles. The summed E-state index contributed by atoms with van der Waals surface area (Å²) in [6.07, 6.45) is -6.05. The van der Waals surface area contributed by atoms with Crippen LogP contribution in [-0.4, -0.2) is 55.4 Å². The van der Waals surface area contributed by atoms with Gasteiger partial charge in [0.05, 0.1) is 12.6 Å². The lowest BCUT2D eigenvalue weighted by Crippen LogP contribution is -2.47. The lowest BCUT2D eigenvalue weighted by Gasteiger charge is -2.37. The number of cyclic esters (lactones) is 1. The van der Waals surface area contributed by atoms with E-state index in [1.54, 1.807) is 24.3 Å². The van der Waals surface area contributed by atoms with Crippen LogP contribution in [0.25, 0.3) is 0 Å². The average Bonchev–Trinajstić information content (AvgIpc) is 3.13. The number of hydrogen-bond acceptors (Lipinski definition) is 4. The van der Waals surface area contributed by atoms with Gasteiger partial charge in [0.2, 0.25) is 6.30 Å². The minimum Gasteiger partial charge on any atom is -0.434 e. The summed E-state index contributed by atoms with van der Waals surface area (Å²) in [6, 6.07) is 6.49. The highest BCUT2D eigenvalue weighted by atomic mass is 35.5. The molecule has 2 amide bonds. The molecule has 2 heterocycles.